The molecule has 0 bridgehead atoms. The van der Waals surface area contributed by atoms with E-state index in [1.807, 2.05) is 31.2 Å². The molecule has 1 N–H and O–H groups in total. The molecule has 134 valence electrons. The van der Waals surface area contributed by atoms with Gasteiger partial charge in [-0.3, -0.25) is 4.79 Å². The van der Waals surface area contributed by atoms with Crippen molar-refractivity contribution in [2.45, 2.75) is 57.8 Å². The van der Waals surface area contributed by atoms with Gasteiger partial charge in [0.25, 0.3) is 0 Å². The van der Waals surface area contributed by atoms with Crippen LogP contribution in [0.1, 0.15) is 61.4 Å². The second-order valence-corrected chi connectivity index (χ2v) is 7.61. The summed E-state index contributed by atoms with van der Waals surface area (Å²) in [4.78, 5) is 12.0. The predicted molar refractivity (Wildman–Crippen MR) is 100 cm³/mol. The summed E-state index contributed by atoms with van der Waals surface area (Å²) >= 11 is 1.52. The van der Waals surface area contributed by atoms with Crippen molar-refractivity contribution in [3.63, 3.8) is 0 Å². The van der Waals surface area contributed by atoms with Gasteiger partial charge >= 0.3 is 0 Å². The fraction of sp³-hybridized carbons (Fsp3) is 0.526. The molecule has 5 nitrogen and oxygen atoms in total. The van der Waals surface area contributed by atoms with Gasteiger partial charge in [0.15, 0.2) is 0 Å². The summed E-state index contributed by atoms with van der Waals surface area (Å²) in [7, 11) is 0. The Morgan fingerprint density at radius 1 is 1.28 bits per heavy atom. The zero-order chi connectivity index (χ0) is 17.5. The van der Waals surface area contributed by atoms with Crippen LogP contribution in [0.2, 0.25) is 0 Å². The van der Waals surface area contributed by atoms with Crippen LogP contribution in [0.5, 0.6) is 5.75 Å². The third-order valence-corrected chi connectivity index (χ3v) is 5.45. The first kappa shape index (κ1) is 17.9. The van der Waals surface area contributed by atoms with Crippen LogP contribution >= 0.6 is 11.3 Å². The fourth-order valence-corrected chi connectivity index (χ4v) is 4.04. The first-order valence-electron chi connectivity index (χ1n) is 9.03. The Balaban J connectivity index is 1.38. The molecule has 0 aliphatic heterocycles. The number of aromatic nitrogens is 2. The summed E-state index contributed by atoms with van der Waals surface area (Å²) in [6.45, 7) is 2.56. The van der Waals surface area contributed by atoms with Gasteiger partial charge in [0.2, 0.25) is 11.0 Å². The van der Waals surface area contributed by atoms with Gasteiger partial charge in [0.1, 0.15) is 10.8 Å². The number of rotatable bonds is 7. The Hall–Kier alpha value is -1.95. The summed E-state index contributed by atoms with van der Waals surface area (Å²) in [6, 6.07) is 7.93. The molecule has 0 unspecified atom stereocenters. The summed E-state index contributed by atoms with van der Waals surface area (Å²) in [5.41, 5.74) is 1.17. The first-order chi connectivity index (χ1) is 12.2. The van der Waals surface area contributed by atoms with Crippen molar-refractivity contribution >= 4 is 22.4 Å². The lowest BCUT2D eigenvalue weighted by Crippen LogP contribution is -2.12. The Bertz CT molecular complexity index is 695. The summed E-state index contributed by atoms with van der Waals surface area (Å²) in [5, 5.41) is 12.9. The number of aryl methyl sites for hydroxylation is 1. The van der Waals surface area contributed by atoms with Crippen molar-refractivity contribution in [1.82, 2.24) is 10.2 Å². The minimum Gasteiger partial charge on any atom is -0.494 e. The highest BCUT2D eigenvalue weighted by atomic mass is 32.1. The Kier molecular flexibility index (Phi) is 6.39. The van der Waals surface area contributed by atoms with Gasteiger partial charge in [-0.05, 0) is 43.9 Å². The minimum atomic E-state index is -0.0285. The monoisotopic (exact) mass is 359 g/mol. The van der Waals surface area contributed by atoms with Crippen molar-refractivity contribution < 1.29 is 9.53 Å². The highest BCUT2D eigenvalue weighted by Gasteiger charge is 2.20. The molecule has 1 fully saturated rings. The second-order valence-electron chi connectivity index (χ2n) is 6.60. The van der Waals surface area contributed by atoms with Gasteiger partial charge in [0.05, 0.1) is 6.61 Å². The second kappa shape index (κ2) is 8.94. The lowest BCUT2D eigenvalue weighted by molar-refractivity contribution is -0.116. The number of benzene rings is 1. The Morgan fingerprint density at radius 2 is 2.12 bits per heavy atom. The molecule has 1 amide bonds. The molecule has 1 aromatic heterocycles. The number of carbonyl (C=O) groups is 1. The average Bonchev–Trinajstić information content (AvgIpc) is 3.08. The van der Waals surface area contributed by atoms with Gasteiger partial charge in [-0.2, -0.15) is 0 Å². The van der Waals surface area contributed by atoms with E-state index in [9.17, 15) is 4.79 Å². The number of hydrogen-bond donors (Lipinski definition) is 1. The van der Waals surface area contributed by atoms with E-state index in [-0.39, 0.29) is 5.91 Å². The number of amides is 1. The van der Waals surface area contributed by atoms with Crippen LogP contribution in [0.15, 0.2) is 24.3 Å². The van der Waals surface area contributed by atoms with E-state index < -0.39 is 0 Å². The predicted octanol–water partition coefficient (Wildman–Crippen LogP) is 4.69. The number of anilines is 1. The van der Waals surface area contributed by atoms with Crippen molar-refractivity contribution in [2.75, 3.05) is 11.9 Å². The topological polar surface area (TPSA) is 64.1 Å². The van der Waals surface area contributed by atoms with Crippen LogP contribution in [-0.2, 0) is 4.79 Å². The molecule has 6 heteroatoms. The molecule has 1 aliphatic carbocycles. The zero-order valence-electron chi connectivity index (χ0n) is 14.7. The van der Waals surface area contributed by atoms with Crippen LogP contribution in [0, 0.1) is 6.92 Å². The van der Waals surface area contributed by atoms with Gasteiger partial charge in [-0.25, -0.2) is 0 Å². The van der Waals surface area contributed by atoms with Crippen LogP contribution in [0.3, 0.4) is 0 Å². The van der Waals surface area contributed by atoms with E-state index in [4.69, 9.17) is 4.74 Å². The molecule has 0 radical (unpaired) electrons. The molecule has 0 spiro atoms. The number of nitrogens with one attached hydrogen (secondary N) is 1. The molecule has 1 heterocycles. The van der Waals surface area contributed by atoms with Crippen LogP contribution < -0.4 is 10.1 Å². The normalized spacial score (nSPS) is 15.1. The van der Waals surface area contributed by atoms with Crippen molar-refractivity contribution in [2.24, 2.45) is 0 Å². The van der Waals surface area contributed by atoms with Gasteiger partial charge in [0, 0.05) is 12.3 Å². The maximum atomic E-state index is 12.0. The van der Waals surface area contributed by atoms with E-state index >= 15 is 0 Å². The van der Waals surface area contributed by atoms with Crippen LogP contribution in [-0.4, -0.2) is 22.7 Å². The smallest absolute Gasteiger partial charge is 0.226 e. The first-order valence-corrected chi connectivity index (χ1v) is 9.85. The maximum absolute atomic E-state index is 12.0. The number of nitrogens with zero attached hydrogens (tertiary/aromatic N) is 2. The molecule has 1 aromatic carbocycles. The lowest BCUT2D eigenvalue weighted by atomic mass is 9.90. The van der Waals surface area contributed by atoms with E-state index in [1.165, 1.54) is 49.0 Å². The minimum absolute atomic E-state index is 0.0285. The quantitative estimate of drug-likeness (QED) is 0.728. The fourth-order valence-electron chi connectivity index (χ4n) is 3.11. The molecular weight excluding hydrogens is 334 g/mol. The summed E-state index contributed by atoms with van der Waals surface area (Å²) in [6.07, 6.45) is 7.35. The number of hydrogen-bond acceptors (Lipinski definition) is 5. The van der Waals surface area contributed by atoms with Crippen molar-refractivity contribution in [3.05, 3.63) is 34.8 Å². The number of ether oxygens (including phenoxy) is 1. The van der Waals surface area contributed by atoms with E-state index in [1.54, 1.807) is 0 Å². The van der Waals surface area contributed by atoms with Crippen LogP contribution in [0.4, 0.5) is 5.13 Å². The van der Waals surface area contributed by atoms with Crippen molar-refractivity contribution in [1.29, 1.82) is 0 Å². The van der Waals surface area contributed by atoms with Crippen LogP contribution in [0.25, 0.3) is 0 Å². The molecular formula is C19H25N3O2S. The molecule has 25 heavy (non-hydrogen) atoms. The summed E-state index contributed by atoms with van der Waals surface area (Å²) in [5.74, 6) is 1.35. The summed E-state index contributed by atoms with van der Waals surface area (Å²) < 4.78 is 5.67. The standard InChI is InChI=1S/C19H25N3O2S/c1-14-7-5-10-16(13-14)24-12-6-11-17(23)20-19-22-21-18(25-19)15-8-3-2-4-9-15/h5,7,10,13,15H,2-4,6,8-9,11-12H2,1H3,(H,20,22,23). The van der Waals surface area contributed by atoms with Gasteiger partial charge in [-0.1, -0.05) is 42.7 Å². The lowest BCUT2D eigenvalue weighted by Gasteiger charge is -2.18. The van der Waals surface area contributed by atoms with Crippen molar-refractivity contribution in [3.8, 4) is 5.75 Å². The molecule has 0 atom stereocenters. The zero-order valence-corrected chi connectivity index (χ0v) is 15.5. The highest BCUT2D eigenvalue weighted by Crippen LogP contribution is 2.35. The Labute approximate surface area is 152 Å². The SMILES string of the molecule is Cc1cccc(OCCCC(=O)Nc2nnc(C3CCCCC3)s2)c1. The van der Waals surface area contributed by atoms with E-state index in [2.05, 4.69) is 15.5 Å². The van der Waals surface area contributed by atoms with E-state index in [0.717, 1.165) is 10.8 Å². The Morgan fingerprint density at radius 3 is 2.92 bits per heavy atom. The van der Waals surface area contributed by atoms with Gasteiger partial charge in [-0.15, -0.1) is 10.2 Å². The molecule has 3 rings (SSSR count). The molecule has 2 aromatic rings. The molecule has 0 saturated heterocycles. The maximum Gasteiger partial charge on any atom is 0.226 e. The molecule has 1 saturated carbocycles. The highest BCUT2D eigenvalue weighted by molar-refractivity contribution is 7.15. The largest absolute Gasteiger partial charge is 0.494 e. The third kappa shape index (κ3) is 5.53. The van der Waals surface area contributed by atoms with E-state index in [0.29, 0.717) is 30.5 Å². The third-order valence-electron chi connectivity index (χ3n) is 4.45. The molecule has 1 aliphatic rings. The number of carbonyl (C=O) groups excluding carboxylic acids is 1. The van der Waals surface area contributed by atoms with Gasteiger partial charge < -0.3 is 10.1 Å². The average molecular weight is 359 g/mol.